The zero-order valence-corrected chi connectivity index (χ0v) is 20.1. The van der Waals surface area contributed by atoms with Gasteiger partial charge in [-0.05, 0) is 44.0 Å². The number of hydrogen-bond donors (Lipinski definition) is 0. The summed E-state index contributed by atoms with van der Waals surface area (Å²) in [6.07, 6.45) is 3.02. The van der Waals surface area contributed by atoms with Crippen LogP contribution in [0.1, 0.15) is 36.6 Å². The fraction of sp³-hybridized carbons (Fsp3) is 0.348. The second kappa shape index (κ2) is 9.83. The molecule has 0 atom stereocenters. The van der Waals surface area contributed by atoms with Crippen molar-refractivity contribution in [3.8, 4) is 23.0 Å². The van der Waals surface area contributed by atoms with E-state index in [1.807, 2.05) is 19.9 Å². The maximum Gasteiger partial charge on any atom is 0.322 e. The number of nitrogens with zero attached hydrogens (tertiary/aromatic N) is 3. The van der Waals surface area contributed by atoms with E-state index in [1.54, 1.807) is 44.4 Å². The van der Waals surface area contributed by atoms with Crippen LogP contribution in [0, 0.1) is 13.8 Å². The van der Waals surface area contributed by atoms with Crippen LogP contribution in [0.3, 0.4) is 0 Å². The Balaban J connectivity index is 2.10. The highest BCUT2D eigenvalue weighted by atomic mass is 35.5. The number of sulfone groups is 1. The smallest absolute Gasteiger partial charge is 0.322 e. The van der Waals surface area contributed by atoms with Crippen LogP contribution in [-0.4, -0.2) is 28.7 Å². The van der Waals surface area contributed by atoms with E-state index in [0.29, 0.717) is 39.7 Å². The van der Waals surface area contributed by atoms with E-state index in [2.05, 4.69) is 9.97 Å². The number of aryl methyl sites for hydroxylation is 3. The van der Waals surface area contributed by atoms with Crippen molar-refractivity contribution < 1.29 is 13.2 Å². The zero-order chi connectivity index (χ0) is 23.5. The Morgan fingerprint density at radius 2 is 1.88 bits per heavy atom. The van der Waals surface area contributed by atoms with Crippen LogP contribution in [0.4, 0.5) is 0 Å². The van der Waals surface area contributed by atoms with Crippen molar-refractivity contribution >= 4 is 21.4 Å². The predicted octanol–water partition coefficient (Wildman–Crippen LogP) is 4.62. The molecule has 0 aliphatic carbocycles. The minimum Gasteiger partial charge on any atom is -0.422 e. The topological polar surface area (TPSA) is 91.2 Å². The molecule has 2 aromatic heterocycles. The van der Waals surface area contributed by atoms with Gasteiger partial charge in [0.05, 0.1) is 27.9 Å². The Labute approximate surface area is 193 Å². The number of hydrogen-bond acceptors (Lipinski definition) is 6. The van der Waals surface area contributed by atoms with Gasteiger partial charge in [-0.3, -0.25) is 4.79 Å². The molecule has 32 heavy (non-hydrogen) atoms. The first-order chi connectivity index (χ1) is 15.1. The first kappa shape index (κ1) is 23.9. The summed E-state index contributed by atoms with van der Waals surface area (Å²) in [6.45, 7) is 5.50. The number of unbranched alkanes of at least 4 members (excludes halogenated alkanes) is 1. The van der Waals surface area contributed by atoms with Crippen molar-refractivity contribution in [3.05, 3.63) is 68.7 Å². The van der Waals surface area contributed by atoms with Crippen molar-refractivity contribution in [3.63, 3.8) is 0 Å². The molecule has 0 aliphatic rings. The second-order valence-corrected chi connectivity index (χ2v) is 10.4. The van der Waals surface area contributed by atoms with Gasteiger partial charge in [0.15, 0.2) is 15.6 Å². The molecule has 170 valence electrons. The number of aromatic nitrogens is 3. The summed E-state index contributed by atoms with van der Waals surface area (Å²) in [7, 11) is -1.70. The molecule has 0 saturated carbocycles. The van der Waals surface area contributed by atoms with E-state index in [4.69, 9.17) is 16.3 Å². The molecular formula is C23H26ClN3O4S. The van der Waals surface area contributed by atoms with Crippen LogP contribution in [0.2, 0.25) is 5.02 Å². The van der Waals surface area contributed by atoms with Gasteiger partial charge in [0.1, 0.15) is 0 Å². The number of halogens is 1. The molecule has 7 nitrogen and oxygen atoms in total. The van der Waals surface area contributed by atoms with E-state index in [0.717, 1.165) is 12.0 Å². The number of rotatable bonds is 8. The van der Waals surface area contributed by atoms with Crippen LogP contribution in [-0.2, 0) is 22.6 Å². The van der Waals surface area contributed by atoms with Crippen molar-refractivity contribution in [2.45, 2.75) is 39.4 Å². The molecule has 0 bridgehead atoms. The fourth-order valence-electron chi connectivity index (χ4n) is 3.26. The summed E-state index contributed by atoms with van der Waals surface area (Å²) in [4.78, 5) is 20.9. The van der Waals surface area contributed by atoms with Gasteiger partial charge in [0.25, 0.3) is 5.56 Å². The molecular weight excluding hydrogens is 450 g/mol. The average molecular weight is 476 g/mol. The lowest BCUT2D eigenvalue weighted by Gasteiger charge is -2.13. The Hall–Kier alpha value is -2.71. The third-order valence-electron chi connectivity index (χ3n) is 4.95. The van der Waals surface area contributed by atoms with E-state index < -0.39 is 9.84 Å². The first-order valence-corrected chi connectivity index (χ1v) is 12.5. The van der Waals surface area contributed by atoms with E-state index >= 15 is 0 Å². The van der Waals surface area contributed by atoms with E-state index in [1.165, 1.54) is 4.57 Å². The molecule has 0 unspecified atom stereocenters. The molecule has 3 rings (SSSR count). The molecule has 3 aromatic rings. The summed E-state index contributed by atoms with van der Waals surface area (Å²) < 4.78 is 32.5. The molecule has 0 N–H and O–H groups in total. The van der Waals surface area contributed by atoms with Gasteiger partial charge in [-0.2, -0.15) is 9.97 Å². The first-order valence-electron chi connectivity index (χ1n) is 10.3. The van der Waals surface area contributed by atoms with Crippen LogP contribution < -0.4 is 10.3 Å². The Kier molecular flexibility index (Phi) is 7.36. The van der Waals surface area contributed by atoms with Crippen molar-refractivity contribution in [2.75, 3.05) is 5.75 Å². The monoisotopic (exact) mass is 475 g/mol. The number of ether oxygens (including phenoxy) is 1. The van der Waals surface area contributed by atoms with Gasteiger partial charge in [-0.15, -0.1) is 0 Å². The largest absolute Gasteiger partial charge is 0.422 e. The SMILES string of the molecule is CCCCS(=O)(=O)Cc1cc(-c2cc(C)c(=O)n(C)c2)nc(Oc2c(C)cccc2Cl)n1. The molecule has 2 heterocycles. The lowest BCUT2D eigenvalue weighted by atomic mass is 10.1. The fourth-order valence-corrected chi connectivity index (χ4v) is 4.99. The van der Waals surface area contributed by atoms with E-state index in [-0.39, 0.29) is 23.1 Å². The minimum atomic E-state index is -3.35. The Bertz CT molecular complexity index is 1260. The minimum absolute atomic E-state index is 0.00843. The van der Waals surface area contributed by atoms with Crippen molar-refractivity contribution in [2.24, 2.45) is 7.05 Å². The van der Waals surface area contributed by atoms with Crippen LogP contribution in [0.25, 0.3) is 11.3 Å². The van der Waals surface area contributed by atoms with Gasteiger partial charge < -0.3 is 9.30 Å². The summed E-state index contributed by atoms with van der Waals surface area (Å²) in [6, 6.07) is 8.67. The second-order valence-electron chi connectivity index (χ2n) is 7.79. The molecule has 0 fully saturated rings. The van der Waals surface area contributed by atoms with Gasteiger partial charge >= 0.3 is 6.01 Å². The van der Waals surface area contributed by atoms with Gasteiger partial charge in [0.2, 0.25) is 0 Å². The number of pyridine rings is 1. The lowest BCUT2D eigenvalue weighted by molar-refractivity contribution is 0.438. The molecule has 1 aromatic carbocycles. The normalized spacial score (nSPS) is 11.5. The molecule has 0 aliphatic heterocycles. The average Bonchev–Trinajstić information content (AvgIpc) is 2.72. The maximum atomic E-state index is 12.6. The third-order valence-corrected chi connectivity index (χ3v) is 6.89. The molecule has 0 saturated heterocycles. The maximum absolute atomic E-state index is 12.6. The predicted molar refractivity (Wildman–Crippen MR) is 126 cm³/mol. The van der Waals surface area contributed by atoms with Crippen molar-refractivity contribution in [1.82, 2.24) is 14.5 Å². The zero-order valence-electron chi connectivity index (χ0n) is 18.6. The summed E-state index contributed by atoms with van der Waals surface area (Å²) >= 11 is 6.28. The quantitative estimate of drug-likeness (QED) is 0.472. The lowest BCUT2D eigenvalue weighted by Crippen LogP contribution is -2.18. The van der Waals surface area contributed by atoms with Crippen molar-refractivity contribution in [1.29, 1.82) is 0 Å². The van der Waals surface area contributed by atoms with Gasteiger partial charge in [0, 0.05) is 24.4 Å². The van der Waals surface area contributed by atoms with Crippen LogP contribution in [0.5, 0.6) is 11.8 Å². The molecule has 0 amide bonds. The van der Waals surface area contributed by atoms with Gasteiger partial charge in [-0.1, -0.05) is 37.1 Å². The Morgan fingerprint density at radius 1 is 1.12 bits per heavy atom. The molecule has 9 heteroatoms. The molecule has 0 spiro atoms. The Morgan fingerprint density at radius 3 is 2.53 bits per heavy atom. The summed E-state index contributed by atoms with van der Waals surface area (Å²) in [5.74, 6) is 0.259. The van der Waals surface area contributed by atoms with Gasteiger partial charge in [-0.25, -0.2) is 8.42 Å². The number of benzene rings is 1. The summed E-state index contributed by atoms with van der Waals surface area (Å²) in [5, 5.41) is 0.397. The third kappa shape index (κ3) is 5.75. The summed E-state index contributed by atoms with van der Waals surface area (Å²) in [5.41, 5.74) is 2.65. The highest BCUT2D eigenvalue weighted by Crippen LogP contribution is 2.32. The highest BCUT2D eigenvalue weighted by Gasteiger charge is 2.18. The van der Waals surface area contributed by atoms with Crippen LogP contribution >= 0.6 is 11.6 Å². The molecule has 0 radical (unpaired) electrons. The number of para-hydroxylation sites is 1. The highest BCUT2D eigenvalue weighted by molar-refractivity contribution is 7.90. The van der Waals surface area contributed by atoms with Crippen LogP contribution in [0.15, 0.2) is 41.3 Å². The van der Waals surface area contributed by atoms with E-state index in [9.17, 15) is 13.2 Å². The standard InChI is InChI=1S/C23H26ClN3O4S/c1-5-6-10-32(29,30)14-18-12-20(17-11-16(3)22(28)27(4)13-17)26-23(25-18)31-21-15(2)8-7-9-19(21)24/h7-9,11-13H,5-6,10,14H2,1-4H3.